The molecule has 4 N–H and O–H groups in total. The van der Waals surface area contributed by atoms with E-state index in [2.05, 4.69) is 22.1 Å². The second-order valence-corrected chi connectivity index (χ2v) is 4.43. The van der Waals surface area contributed by atoms with Gasteiger partial charge < -0.3 is 16.0 Å². The quantitative estimate of drug-likeness (QED) is 0.724. The Balaban J connectivity index is 2.14. The molecule has 0 bridgehead atoms. The maximum absolute atomic E-state index is 12.0. The van der Waals surface area contributed by atoms with Crippen LogP contribution in [0.5, 0.6) is 0 Å². The number of rotatable bonds is 2. The summed E-state index contributed by atoms with van der Waals surface area (Å²) in [6.07, 6.45) is 1.41. The molecule has 5 heteroatoms. The Labute approximate surface area is 122 Å². The Morgan fingerprint density at radius 2 is 2.05 bits per heavy atom. The van der Waals surface area contributed by atoms with E-state index in [9.17, 15) is 9.59 Å². The van der Waals surface area contributed by atoms with Gasteiger partial charge in [-0.15, -0.1) is 0 Å². The van der Waals surface area contributed by atoms with Crippen molar-refractivity contribution in [3.63, 3.8) is 0 Å². The number of H-pyrrole nitrogens is 1. The van der Waals surface area contributed by atoms with Crippen LogP contribution in [0.25, 0.3) is 0 Å². The minimum Gasteiger partial charge on any atom is -0.364 e. The molecule has 0 aliphatic rings. The zero-order chi connectivity index (χ0) is 15.2. The molecule has 0 aliphatic carbocycles. The Bertz CT molecular complexity index is 765. The van der Waals surface area contributed by atoms with Crippen LogP contribution >= 0.6 is 0 Å². The number of carbonyl (C=O) groups is 1. The number of benzene rings is 1. The van der Waals surface area contributed by atoms with Crippen molar-refractivity contribution in [3.05, 3.63) is 63.6 Å². The summed E-state index contributed by atoms with van der Waals surface area (Å²) in [5.74, 6) is 5.19. The highest BCUT2D eigenvalue weighted by atomic mass is 16.2. The van der Waals surface area contributed by atoms with Gasteiger partial charge in [-0.25, -0.2) is 0 Å². The zero-order valence-corrected chi connectivity index (χ0v) is 11.6. The van der Waals surface area contributed by atoms with Gasteiger partial charge in [-0.1, -0.05) is 11.8 Å². The van der Waals surface area contributed by atoms with E-state index in [0.717, 1.165) is 5.56 Å². The molecule has 0 atom stereocenters. The monoisotopic (exact) mass is 281 g/mol. The number of anilines is 1. The first-order valence-corrected chi connectivity index (χ1v) is 6.40. The van der Waals surface area contributed by atoms with Crippen molar-refractivity contribution in [2.24, 2.45) is 5.73 Å². The van der Waals surface area contributed by atoms with Crippen molar-refractivity contribution in [3.8, 4) is 11.8 Å². The van der Waals surface area contributed by atoms with Gasteiger partial charge in [-0.3, -0.25) is 9.59 Å². The summed E-state index contributed by atoms with van der Waals surface area (Å²) in [4.78, 5) is 26.6. The van der Waals surface area contributed by atoms with Crippen LogP contribution in [-0.2, 0) is 0 Å². The zero-order valence-electron chi connectivity index (χ0n) is 11.6. The van der Waals surface area contributed by atoms with Gasteiger partial charge in [-0.05, 0) is 31.2 Å². The summed E-state index contributed by atoms with van der Waals surface area (Å²) in [7, 11) is 0. The molecule has 21 heavy (non-hydrogen) atoms. The Morgan fingerprint density at radius 1 is 1.33 bits per heavy atom. The molecule has 0 fully saturated rings. The lowest BCUT2D eigenvalue weighted by molar-refractivity contribution is 0.102. The van der Waals surface area contributed by atoms with Crippen LogP contribution in [0.3, 0.4) is 0 Å². The summed E-state index contributed by atoms with van der Waals surface area (Å²) < 4.78 is 0. The van der Waals surface area contributed by atoms with Crippen molar-refractivity contribution in [2.45, 2.75) is 6.92 Å². The van der Waals surface area contributed by atoms with Crippen molar-refractivity contribution in [2.75, 3.05) is 11.9 Å². The van der Waals surface area contributed by atoms with Crippen LogP contribution in [0.15, 0.2) is 41.3 Å². The molecule has 1 aromatic heterocycles. The van der Waals surface area contributed by atoms with E-state index in [4.69, 9.17) is 5.73 Å². The van der Waals surface area contributed by atoms with Crippen molar-refractivity contribution < 1.29 is 4.79 Å². The SMILES string of the molecule is Cc1cc(=O)c(C(=O)Nc2ccc(C#CCN)cc2)c[nH]1. The molecule has 5 nitrogen and oxygen atoms in total. The molecule has 1 amide bonds. The summed E-state index contributed by atoms with van der Waals surface area (Å²) in [6.45, 7) is 2.05. The molecule has 2 rings (SSSR count). The number of nitrogens with two attached hydrogens (primary N) is 1. The molecular weight excluding hydrogens is 266 g/mol. The lowest BCUT2D eigenvalue weighted by Crippen LogP contribution is -2.21. The number of aryl methyl sites for hydroxylation is 1. The average Bonchev–Trinajstić information content (AvgIpc) is 2.46. The molecule has 2 aromatic rings. The maximum atomic E-state index is 12.0. The number of pyridine rings is 1. The number of aromatic nitrogens is 1. The van der Waals surface area contributed by atoms with Crippen molar-refractivity contribution in [1.82, 2.24) is 4.98 Å². The molecule has 0 saturated heterocycles. The van der Waals surface area contributed by atoms with Crippen LogP contribution in [0, 0.1) is 18.8 Å². The fourth-order valence-electron chi connectivity index (χ4n) is 1.74. The van der Waals surface area contributed by atoms with Gasteiger partial charge in [0.1, 0.15) is 5.56 Å². The Kier molecular flexibility index (Phi) is 4.54. The lowest BCUT2D eigenvalue weighted by Gasteiger charge is -2.05. The number of hydrogen-bond donors (Lipinski definition) is 3. The molecule has 1 heterocycles. The van der Waals surface area contributed by atoms with E-state index >= 15 is 0 Å². The molecule has 0 aliphatic heterocycles. The smallest absolute Gasteiger partial charge is 0.261 e. The van der Waals surface area contributed by atoms with Gasteiger partial charge in [0.2, 0.25) is 0 Å². The normalized spacial score (nSPS) is 9.62. The molecule has 106 valence electrons. The summed E-state index contributed by atoms with van der Waals surface area (Å²) in [5, 5.41) is 2.67. The predicted octanol–water partition coefficient (Wildman–Crippen LogP) is 1.25. The second kappa shape index (κ2) is 6.55. The lowest BCUT2D eigenvalue weighted by atomic mass is 10.2. The fraction of sp³-hybridized carbons (Fsp3) is 0.125. The minimum atomic E-state index is -0.447. The minimum absolute atomic E-state index is 0.0765. The van der Waals surface area contributed by atoms with E-state index in [1.165, 1.54) is 12.3 Å². The van der Waals surface area contributed by atoms with E-state index < -0.39 is 5.91 Å². The highest BCUT2D eigenvalue weighted by Crippen LogP contribution is 2.09. The van der Waals surface area contributed by atoms with E-state index in [1.807, 2.05) is 0 Å². The van der Waals surface area contributed by atoms with Gasteiger partial charge in [0.05, 0.1) is 6.54 Å². The largest absolute Gasteiger partial charge is 0.364 e. The molecule has 0 unspecified atom stereocenters. The van der Waals surface area contributed by atoms with Gasteiger partial charge in [0.15, 0.2) is 5.43 Å². The first kappa shape index (κ1) is 14.6. The summed E-state index contributed by atoms with van der Waals surface area (Å²) >= 11 is 0. The predicted molar refractivity (Wildman–Crippen MR) is 82.1 cm³/mol. The Morgan fingerprint density at radius 3 is 2.67 bits per heavy atom. The number of nitrogens with one attached hydrogen (secondary N) is 2. The first-order chi connectivity index (χ1) is 10.1. The second-order valence-electron chi connectivity index (χ2n) is 4.43. The number of aromatic amines is 1. The van der Waals surface area contributed by atoms with E-state index in [-0.39, 0.29) is 11.0 Å². The van der Waals surface area contributed by atoms with Gasteiger partial charge in [0.25, 0.3) is 5.91 Å². The molecule has 1 aromatic carbocycles. The Hall–Kier alpha value is -2.84. The highest BCUT2D eigenvalue weighted by Gasteiger charge is 2.10. The third-order valence-corrected chi connectivity index (χ3v) is 2.78. The number of carbonyl (C=O) groups excluding carboxylic acids is 1. The van der Waals surface area contributed by atoms with E-state index in [1.54, 1.807) is 31.2 Å². The molecular formula is C16H15N3O2. The molecule has 0 radical (unpaired) electrons. The third-order valence-electron chi connectivity index (χ3n) is 2.78. The van der Waals surface area contributed by atoms with Crippen LogP contribution in [0.2, 0.25) is 0 Å². The van der Waals surface area contributed by atoms with Crippen LogP contribution < -0.4 is 16.5 Å². The number of amides is 1. The standard InChI is InChI=1S/C16H15N3O2/c1-11-9-15(20)14(10-18-11)16(21)19-13-6-4-12(5-7-13)3-2-8-17/h4-7,9-10H,8,17H2,1H3,(H,18,20)(H,19,21). The fourth-order valence-corrected chi connectivity index (χ4v) is 1.74. The van der Waals surface area contributed by atoms with Crippen LogP contribution in [-0.4, -0.2) is 17.4 Å². The van der Waals surface area contributed by atoms with E-state index in [0.29, 0.717) is 17.9 Å². The number of hydrogen-bond acceptors (Lipinski definition) is 3. The first-order valence-electron chi connectivity index (χ1n) is 6.40. The van der Waals surface area contributed by atoms with Gasteiger partial charge in [-0.2, -0.15) is 0 Å². The van der Waals surface area contributed by atoms with Crippen LogP contribution in [0.1, 0.15) is 21.6 Å². The average molecular weight is 281 g/mol. The maximum Gasteiger partial charge on any atom is 0.261 e. The van der Waals surface area contributed by atoms with Crippen LogP contribution in [0.4, 0.5) is 5.69 Å². The topological polar surface area (TPSA) is 88.0 Å². The van der Waals surface area contributed by atoms with Gasteiger partial charge >= 0.3 is 0 Å². The highest BCUT2D eigenvalue weighted by molar-refractivity contribution is 6.03. The van der Waals surface area contributed by atoms with Crippen molar-refractivity contribution in [1.29, 1.82) is 0 Å². The van der Waals surface area contributed by atoms with Gasteiger partial charge in [0, 0.05) is 29.2 Å². The summed E-state index contributed by atoms with van der Waals surface area (Å²) in [5.41, 5.74) is 7.18. The van der Waals surface area contributed by atoms with Crippen molar-refractivity contribution >= 4 is 11.6 Å². The third kappa shape index (κ3) is 3.81. The molecule has 0 spiro atoms. The summed E-state index contributed by atoms with van der Waals surface area (Å²) in [6, 6.07) is 8.39. The molecule has 0 saturated carbocycles.